The summed E-state index contributed by atoms with van der Waals surface area (Å²) in [4.78, 5) is 23.5. The average molecular weight is 369 g/mol. The molecule has 0 bridgehead atoms. The third-order valence-corrected chi connectivity index (χ3v) is 3.93. The number of hydrogen-bond acceptors (Lipinski definition) is 5. The average Bonchev–Trinajstić information content (AvgIpc) is 2.62. The molecule has 0 saturated carbocycles. The van der Waals surface area contributed by atoms with Crippen molar-refractivity contribution in [2.24, 2.45) is 0 Å². The van der Waals surface area contributed by atoms with E-state index in [9.17, 15) is 14.2 Å². The van der Waals surface area contributed by atoms with E-state index in [4.69, 9.17) is 9.05 Å². The normalized spacial score (nSPS) is 12.3. The molecule has 5 nitrogen and oxygen atoms in total. The summed E-state index contributed by atoms with van der Waals surface area (Å²) in [6.45, 7) is 2.59. The molecule has 2 rings (SSSR count). The van der Waals surface area contributed by atoms with E-state index in [1.807, 2.05) is 12.1 Å². The minimum absolute atomic E-state index is 0.111. The highest BCUT2D eigenvalue weighted by Gasteiger charge is 2.30. The third kappa shape index (κ3) is 6.11. The Labute approximate surface area is 152 Å². The first-order valence-corrected chi connectivity index (χ1v) is 8.94. The summed E-state index contributed by atoms with van der Waals surface area (Å²) in [6, 6.07) is 18.0. The summed E-state index contributed by atoms with van der Waals surface area (Å²) >= 11 is 0. The zero-order valence-corrected chi connectivity index (χ0v) is 15.3. The molecule has 2 aromatic rings. The standard InChI is InChI=1S/C20H18O5P/c1-15(21)19(13-17-9-5-3-6-10-17)24-26(23)25-20(16(2)22)14-18-11-7-4-8-12-18/h3-14H,1-2H3/q+1. The summed E-state index contributed by atoms with van der Waals surface area (Å²) in [7, 11) is -2.74. The molecule has 0 aliphatic carbocycles. The number of allylic oxidation sites excluding steroid dienone is 2. The monoisotopic (exact) mass is 369 g/mol. The van der Waals surface area contributed by atoms with Crippen LogP contribution in [0.5, 0.6) is 0 Å². The first-order valence-electron chi connectivity index (χ1n) is 7.84. The predicted octanol–water partition coefficient (Wildman–Crippen LogP) is 4.94. The van der Waals surface area contributed by atoms with Crippen molar-refractivity contribution in [2.45, 2.75) is 13.8 Å². The van der Waals surface area contributed by atoms with E-state index in [-0.39, 0.29) is 11.5 Å². The lowest BCUT2D eigenvalue weighted by Crippen LogP contribution is -2.01. The van der Waals surface area contributed by atoms with Crippen molar-refractivity contribution in [1.82, 2.24) is 0 Å². The quantitative estimate of drug-likeness (QED) is 0.375. The minimum atomic E-state index is -2.74. The fraction of sp³-hybridized carbons (Fsp3) is 0.100. The number of carbonyl (C=O) groups excluding carboxylic acids is 2. The molecule has 0 aromatic heterocycles. The molecule has 0 heterocycles. The fourth-order valence-corrected chi connectivity index (χ4v) is 2.69. The molecule has 26 heavy (non-hydrogen) atoms. The highest BCUT2D eigenvalue weighted by Crippen LogP contribution is 2.33. The molecule has 0 atom stereocenters. The number of carbonyl (C=O) groups is 2. The molecule has 0 aliphatic heterocycles. The van der Waals surface area contributed by atoms with Crippen LogP contribution < -0.4 is 0 Å². The van der Waals surface area contributed by atoms with Gasteiger partial charge in [0.2, 0.25) is 23.1 Å². The zero-order valence-electron chi connectivity index (χ0n) is 14.4. The molecular formula is C20H18O5P+. The van der Waals surface area contributed by atoms with Gasteiger partial charge in [-0.2, -0.15) is 0 Å². The summed E-state index contributed by atoms with van der Waals surface area (Å²) in [5, 5.41) is 0. The van der Waals surface area contributed by atoms with Crippen LogP contribution in [0.25, 0.3) is 12.2 Å². The van der Waals surface area contributed by atoms with E-state index in [0.29, 0.717) is 11.1 Å². The summed E-state index contributed by atoms with van der Waals surface area (Å²) in [5.74, 6) is -1.03. The zero-order chi connectivity index (χ0) is 18.9. The maximum absolute atomic E-state index is 12.2. The third-order valence-electron chi connectivity index (χ3n) is 3.23. The van der Waals surface area contributed by atoms with Gasteiger partial charge >= 0.3 is 8.25 Å². The van der Waals surface area contributed by atoms with Crippen LogP contribution >= 0.6 is 8.25 Å². The second kappa shape index (κ2) is 9.44. The smallest absolute Gasteiger partial charge is 0.291 e. The van der Waals surface area contributed by atoms with Gasteiger partial charge in [-0.3, -0.25) is 9.59 Å². The van der Waals surface area contributed by atoms with Gasteiger partial charge in [-0.25, -0.2) is 9.05 Å². The van der Waals surface area contributed by atoms with Crippen molar-refractivity contribution in [3.8, 4) is 0 Å². The van der Waals surface area contributed by atoms with E-state index >= 15 is 0 Å². The van der Waals surface area contributed by atoms with E-state index in [1.165, 1.54) is 26.0 Å². The Balaban J connectivity index is 2.16. The van der Waals surface area contributed by atoms with Gasteiger partial charge in [0.25, 0.3) is 0 Å². The Morgan fingerprint density at radius 3 is 1.38 bits per heavy atom. The number of rotatable bonds is 8. The van der Waals surface area contributed by atoms with E-state index in [0.717, 1.165) is 0 Å². The maximum Gasteiger partial charge on any atom is 0.805 e. The van der Waals surface area contributed by atoms with E-state index in [1.54, 1.807) is 48.5 Å². The molecule has 0 fully saturated rings. The van der Waals surface area contributed by atoms with Crippen LogP contribution in [-0.4, -0.2) is 11.6 Å². The fourth-order valence-electron chi connectivity index (χ4n) is 1.97. The lowest BCUT2D eigenvalue weighted by molar-refractivity contribution is -0.115. The van der Waals surface area contributed by atoms with Crippen LogP contribution in [0.2, 0.25) is 0 Å². The van der Waals surface area contributed by atoms with Crippen LogP contribution in [0, 0.1) is 0 Å². The first-order chi connectivity index (χ1) is 12.5. The van der Waals surface area contributed by atoms with Crippen molar-refractivity contribution < 1.29 is 23.2 Å². The number of Topliss-reactive ketones (excluding diaryl/α,β-unsaturated/α-hetero) is 2. The van der Waals surface area contributed by atoms with Gasteiger partial charge in [0, 0.05) is 18.4 Å². The largest absolute Gasteiger partial charge is 0.805 e. The predicted molar refractivity (Wildman–Crippen MR) is 100.0 cm³/mol. The second-order valence-electron chi connectivity index (χ2n) is 5.36. The topological polar surface area (TPSA) is 69.7 Å². The maximum atomic E-state index is 12.2. The Kier molecular flexibility index (Phi) is 7.01. The van der Waals surface area contributed by atoms with Crippen molar-refractivity contribution in [1.29, 1.82) is 0 Å². The molecule has 2 aromatic carbocycles. The number of hydrogen-bond donors (Lipinski definition) is 0. The minimum Gasteiger partial charge on any atom is -0.291 e. The Morgan fingerprint density at radius 1 is 0.731 bits per heavy atom. The lowest BCUT2D eigenvalue weighted by Gasteiger charge is -1.99. The van der Waals surface area contributed by atoms with Crippen LogP contribution in [0.3, 0.4) is 0 Å². The molecule has 0 radical (unpaired) electrons. The highest BCUT2D eigenvalue weighted by atomic mass is 31.1. The van der Waals surface area contributed by atoms with Crippen molar-refractivity contribution in [2.75, 3.05) is 0 Å². The van der Waals surface area contributed by atoms with Crippen LogP contribution in [0.4, 0.5) is 0 Å². The Bertz CT molecular complexity index is 783. The van der Waals surface area contributed by atoms with Gasteiger partial charge in [0.05, 0.1) is 0 Å². The number of benzene rings is 2. The Hall–Kier alpha value is -3.04. The van der Waals surface area contributed by atoms with Gasteiger partial charge in [0.15, 0.2) is 0 Å². The molecule has 0 spiro atoms. The Morgan fingerprint density at radius 2 is 1.08 bits per heavy atom. The van der Waals surface area contributed by atoms with E-state index in [2.05, 4.69) is 0 Å². The van der Waals surface area contributed by atoms with E-state index < -0.39 is 19.8 Å². The second-order valence-corrected chi connectivity index (χ2v) is 6.17. The van der Waals surface area contributed by atoms with Crippen molar-refractivity contribution >= 4 is 32.0 Å². The van der Waals surface area contributed by atoms with Gasteiger partial charge in [-0.1, -0.05) is 60.7 Å². The van der Waals surface area contributed by atoms with Crippen LogP contribution in [-0.2, 0) is 23.2 Å². The summed E-state index contributed by atoms with van der Waals surface area (Å²) in [6.07, 6.45) is 2.93. The molecular weight excluding hydrogens is 351 g/mol. The van der Waals surface area contributed by atoms with Gasteiger partial charge < -0.3 is 0 Å². The molecule has 6 heteroatoms. The highest BCUT2D eigenvalue weighted by molar-refractivity contribution is 7.33. The van der Waals surface area contributed by atoms with Crippen LogP contribution in [0.15, 0.2) is 72.2 Å². The SMILES string of the molecule is CC(=O)C(=Cc1ccccc1)O[P+](=O)OC(=Cc1ccccc1)C(C)=O. The van der Waals surface area contributed by atoms with Gasteiger partial charge in [-0.05, 0) is 23.3 Å². The molecule has 0 unspecified atom stereocenters. The summed E-state index contributed by atoms with van der Waals surface area (Å²) < 4.78 is 22.5. The number of ketones is 2. The van der Waals surface area contributed by atoms with Gasteiger partial charge in [0.1, 0.15) is 0 Å². The molecule has 132 valence electrons. The molecule has 0 aliphatic rings. The van der Waals surface area contributed by atoms with Crippen molar-refractivity contribution in [3.05, 3.63) is 83.3 Å². The lowest BCUT2D eigenvalue weighted by atomic mass is 10.2. The van der Waals surface area contributed by atoms with Crippen molar-refractivity contribution in [3.63, 3.8) is 0 Å². The van der Waals surface area contributed by atoms with Crippen LogP contribution in [0.1, 0.15) is 25.0 Å². The molecule has 0 amide bonds. The molecule has 0 saturated heterocycles. The first kappa shape index (κ1) is 19.3. The molecule has 0 N–H and O–H groups in total. The van der Waals surface area contributed by atoms with Gasteiger partial charge in [-0.15, -0.1) is 0 Å². The summed E-state index contributed by atoms with van der Waals surface area (Å²) in [5.41, 5.74) is 1.43.